The standard InChI is InChI=1S/C15H25N3O/c1-14(2)10-18(11-15(3,4)19-14)13-6-7-17-12(8-13)9-16-5/h6-8,16H,9-11H2,1-5H3. The fourth-order valence-electron chi connectivity index (χ4n) is 2.91. The zero-order valence-electron chi connectivity index (χ0n) is 12.7. The fourth-order valence-corrected chi connectivity index (χ4v) is 2.91. The zero-order chi connectivity index (χ0) is 14.1. The van der Waals surface area contributed by atoms with Crippen LogP contribution in [0.25, 0.3) is 0 Å². The van der Waals surface area contributed by atoms with Crippen LogP contribution in [-0.4, -0.2) is 36.3 Å². The molecular weight excluding hydrogens is 238 g/mol. The number of rotatable bonds is 3. The van der Waals surface area contributed by atoms with E-state index in [9.17, 15) is 0 Å². The molecule has 0 aromatic carbocycles. The maximum Gasteiger partial charge on any atom is 0.0808 e. The molecule has 0 amide bonds. The van der Waals surface area contributed by atoms with Crippen molar-refractivity contribution in [3.63, 3.8) is 0 Å². The third kappa shape index (κ3) is 3.67. The second-order valence-electron chi connectivity index (χ2n) is 6.51. The van der Waals surface area contributed by atoms with E-state index in [1.54, 1.807) is 0 Å². The van der Waals surface area contributed by atoms with Crippen molar-refractivity contribution in [2.75, 3.05) is 25.0 Å². The van der Waals surface area contributed by atoms with Crippen LogP contribution in [0.2, 0.25) is 0 Å². The van der Waals surface area contributed by atoms with Gasteiger partial charge in [-0.3, -0.25) is 4.98 Å². The molecular formula is C15H25N3O. The number of anilines is 1. The Morgan fingerprint density at radius 3 is 2.47 bits per heavy atom. The summed E-state index contributed by atoms with van der Waals surface area (Å²) in [7, 11) is 1.94. The van der Waals surface area contributed by atoms with Gasteiger partial charge in [-0.1, -0.05) is 0 Å². The third-order valence-electron chi connectivity index (χ3n) is 3.22. The van der Waals surface area contributed by atoms with E-state index in [2.05, 4.69) is 55.0 Å². The summed E-state index contributed by atoms with van der Waals surface area (Å²) in [5.41, 5.74) is 2.04. The van der Waals surface area contributed by atoms with Crippen LogP contribution in [0, 0.1) is 0 Å². The Hall–Kier alpha value is -1.13. The lowest BCUT2D eigenvalue weighted by Crippen LogP contribution is -2.57. The number of aromatic nitrogens is 1. The molecule has 1 aliphatic rings. The van der Waals surface area contributed by atoms with E-state index in [1.807, 2.05) is 13.2 Å². The fraction of sp³-hybridized carbons (Fsp3) is 0.667. The average Bonchev–Trinajstić information content (AvgIpc) is 2.25. The normalized spacial score (nSPS) is 21.4. The first-order chi connectivity index (χ1) is 8.81. The van der Waals surface area contributed by atoms with Crippen LogP contribution >= 0.6 is 0 Å². The Balaban J connectivity index is 2.23. The monoisotopic (exact) mass is 263 g/mol. The van der Waals surface area contributed by atoms with Gasteiger partial charge in [-0.15, -0.1) is 0 Å². The SMILES string of the molecule is CNCc1cc(N2CC(C)(C)OC(C)(C)C2)ccn1. The predicted molar refractivity (Wildman–Crippen MR) is 78.5 cm³/mol. The largest absolute Gasteiger partial charge is 0.366 e. The Labute approximate surface area is 116 Å². The molecule has 0 spiro atoms. The van der Waals surface area contributed by atoms with Gasteiger partial charge in [0.15, 0.2) is 0 Å². The zero-order valence-corrected chi connectivity index (χ0v) is 12.7. The maximum atomic E-state index is 6.12. The summed E-state index contributed by atoms with van der Waals surface area (Å²) in [5, 5.41) is 3.14. The molecule has 1 aliphatic heterocycles. The molecule has 2 rings (SSSR count). The lowest BCUT2D eigenvalue weighted by atomic mass is 9.98. The van der Waals surface area contributed by atoms with Crippen molar-refractivity contribution < 1.29 is 4.74 Å². The topological polar surface area (TPSA) is 37.4 Å². The van der Waals surface area contributed by atoms with Crippen LogP contribution in [0.15, 0.2) is 18.3 Å². The molecule has 2 heterocycles. The van der Waals surface area contributed by atoms with Gasteiger partial charge in [-0.2, -0.15) is 0 Å². The number of nitrogens with zero attached hydrogens (tertiary/aromatic N) is 2. The summed E-state index contributed by atoms with van der Waals surface area (Å²) in [5.74, 6) is 0. The number of hydrogen-bond acceptors (Lipinski definition) is 4. The molecule has 0 aliphatic carbocycles. The second-order valence-corrected chi connectivity index (χ2v) is 6.51. The molecule has 0 atom stereocenters. The number of ether oxygens (including phenoxy) is 1. The van der Waals surface area contributed by atoms with Gasteiger partial charge >= 0.3 is 0 Å². The summed E-state index contributed by atoms with van der Waals surface area (Å²) < 4.78 is 6.12. The maximum absolute atomic E-state index is 6.12. The van der Waals surface area contributed by atoms with Crippen molar-refractivity contribution >= 4 is 5.69 Å². The molecule has 19 heavy (non-hydrogen) atoms. The van der Waals surface area contributed by atoms with Gasteiger partial charge < -0.3 is 15.0 Å². The number of nitrogens with one attached hydrogen (secondary N) is 1. The van der Waals surface area contributed by atoms with Gasteiger partial charge in [-0.25, -0.2) is 0 Å². The first kappa shape index (κ1) is 14.3. The van der Waals surface area contributed by atoms with Gasteiger partial charge in [-0.05, 0) is 46.9 Å². The molecule has 1 saturated heterocycles. The number of morpholine rings is 1. The summed E-state index contributed by atoms with van der Waals surface area (Å²) in [4.78, 5) is 6.77. The van der Waals surface area contributed by atoms with E-state index >= 15 is 0 Å². The van der Waals surface area contributed by atoms with Gasteiger partial charge in [0, 0.05) is 31.5 Å². The van der Waals surface area contributed by atoms with Crippen LogP contribution in [-0.2, 0) is 11.3 Å². The summed E-state index contributed by atoms with van der Waals surface area (Å²) in [6, 6.07) is 4.24. The molecule has 0 radical (unpaired) electrons. The lowest BCUT2D eigenvalue weighted by molar-refractivity contribution is -0.133. The van der Waals surface area contributed by atoms with Gasteiger partial charge in [0.1, 0.15) is 0 Å². The summed E-state index contributed by atoms with van der Waals surface area (Å²) in [6.45, 7) is 11.2. The molecule has 4 nitrogen and oxygen atoms in total. The van der Waals surface area contributed by atoms with E-state index in [0.717, 1.165) is 25.3 Å². The molecule has 1 aromatic heterocycles. The van der Waals surface area contributed by atoms with Gasteiger partial charge in [0.2, 0.25) is 0 Å². The summed E-state index contributed by atoms with van der Waals surface area (Å²) >= 11 is 0. The summed E-state index contributed by atoms with van der Waals surface area (Å²) in [6.07, 6.45) is 1.89. The van der Waals surface area contributed by atoms with Crippen molar-refractivity contribution in [3.8, 4) is 0 Å². The van der Waals surface area contributed by atoms with E-state index in [0.29, 0.717) is 0 Å². The minimum absolute atomic E-state index is 0.131. The Kier molecular flexibility index (Phi) is 3.83. The highest BCUT2D eigenvalue weighted by molar-refractivity contribution is 5.48. The first-order valence-electron chi connectivity index (χ1n) is 6.86. The van der Waals surface area contributed by atoms with Gasteiger partial charge in [0.05, 0.1) is 16.9 Å². The van der Waals surface area contributed by atoms with E-state index in [1.165, 1.54) is 5.69 Å². The van der Waals surface area contributed by atoms with Gasteiger partial charge in [0.25, 0.3) is 0 Å². The molecule has 0 bridgehead atoms. The van der Waals surface area contributed by atoms with Crippen molar-refractivity contribution in [2.24, 2.45) is 0 Å². The lowest BCUT2D eigenvalue weighted by Gasteiger charge is -2.48. The third-order valence-corrected chi connectivity index (χ3v) is 3.22. The van der Waals surface area contributed by atoms with Crippen molar-refractivity contribution in [3.05, 3.63) is 24.0 Å². The van der Waals surface area contributed by atoms with Crippen LogP contribution in [0.5, 0.6) is 0 Å². The molecule has 1 aromatic rings. The molecule has 106 valence electrons. The molecule has 1 fully saturated rings. The Morgan fingerprint density at radius 1 is 1.26 bits per heavy atom. The van der Waals surface area contributed by atoms with Crippen molar-refractivity contribution in [2.45, 2.75) is 45.4 Å². The van der Waals surface area contributed by atoms with Crippen LogP contribution in [0.1, 0.15) is 33.4 Å². The Morgan fingerprint density at radius 2 is 1.89 bits per heavy atom. The Bertz CT molecular complexity index is 427. The van der Waals surface area contributed by atoms with Crippen LogP contribution in [0.4, 0.5) is 5.69 Å². The minimum atomic E-state index is -0.131. The minimum Gasteiger partial charge on any atom is -0.366 e. The number of pyridine rings is 1. The molecule has 0 saturated carbocycles. The van der Waals surface area contributed by atoms with E-state index in [4.69, 9.17) is 4.74 Å². The first-order valence-corrected chi connectivity index (χ1v) is 6.86. The van der Waals surface area contributed by atoms with Crippen molar-refractivity contribution in [1.29, 1.82) is 0 Å². The highest BCUT2D eigenvalue weighted by Gasteiger charge is 2.38. The smallest absolute Gasteiger partial charge is 0.0808 e. The van der Waals surface area contributed by atoms with Crippen LogP contribution < -0.4 is 10.2 Å². The average molecular weight is 263 g/mol. The van der Waals surface area contributed by atoms with E-state index in [-0.39, 0.29) is 11.2 Å². The highest BCUT2D eigenvalue weighted by Crippen LogP contribution is 2.31. The van der Waals surface area contributed by atoms with Crippen molar-refractivity contribution in [1.82, 2.24) is 10.3 Å². The molecule has 4 heteroatoms. The molecule has 1 N–H and O–H groups in total. The highest BCUT2D eigenvalue weighted by atomic mass is 16.5. The van der Waals surface area contributed by atoms with Crippen LogP contribution in [0.3, 0.4) is 0 Å². The molecule has 0 unspecified atom stereocenters. The predicted octanol–water partition coefficient (Wildman–Crippen LogP) is 2.19. The quantitative estimate of drug-likeness (QED) is 0.907. The van der Waals surface area contributed by atoms with E-state index < -0.39 is 0 Å². The second kappa shape index (κ2) is 5.10. The number of hydrogen-bond donors (Lipinski definition) is 1.